The van der Waals surface area contributed by atoms with Gasteiger partial charge in [0.15, 0.2) is 0 Å². The highest BCUT2D eigenvalue weighted by molar-refractivity contribution is 7.86. The van der Waals surface area contributed by atoms with Crippen LogP contribution in [0, 0.1) is 0 Å². The molecule has 10 heteroatoms. The molecule has 0 aromatic carbocycles. The van der Waals surface area contributed by atoms with Crippen LogP contribution in [-0.2, 0) is 28.0 Å². The van der Waals surface area contributed by atoms with Gasteiger partial charge in [-0.1, -0.05) is 6.92 Å². The molecule has 1 saturated heterocycles. The lowest BCUT2D eigenvalue weighted by Gasteiger charge is -2.32. The first-order valence-electron chi connectivity index (χ1n) is 9.81. The fourth-order valence-electron chi connectivity index (χ4n) is 3.82. The van der Waals surface area contributed by atoms with E-state index in [0.29, 0.717) is 49.6 Å². The molecule has 28 heavy (non-hydrogen) atoms. The summed E-state index contributed by atoms with van der Waals surface area (Å²) < 4.78 is 27.1. The molecule has 3 rings (SSSR count). The van der Waals surface area contributed by atoms with Crippen LogP contribution in [0.25, 0.3) is 0 Å². The van der Waals surface area contributed by atoms with Crippen LogP contribution in [0.1, 0.15) is 55.6 Å². The van der Waals surface area contributed by atoms with E-state index in [1.807, 2.05) is 11.8 Å². The van der Waals surface area contributed by atoms with E-state index in [-0.39, 0.29) is 23.9 Å². The van der Waals surface area contributed by atoms with Crippen LogP contribution < -0.4 is 5.56 Å². The molecule has 0 spiro atoms. The summed E-state index contributed by atoms with van der Waals surface area (Å²) in [6, 6.07) is 0. The van der Waals surface area contributed by atoms with Gasteiger partial charge in [0.25, 0.3) is 15.8 Å². The van der Waals surface area contributed by atoms with Crippen molar-refractivity contribution in [2.75, 3.05) is 33.7 Å². The van der Waals surface area contributed by atoms with Crippen LogP contribution in [0.3, 0.4) is 0 Å². The van der Waals surface area contributed by atoms with Crippen LogP contribution in [0.15, 0.2) is 4.79 Å². The zero-order valence-electron chi connectivity index (χ0n) is 16.8. The average molecular weight is 412 g/mol. The molecular formula is C18H29N5O4S. The van der Waals surface area contributed by atoms with Crippen molar-refractivity contribution in [2.24, 2.45) is 0 Å². The van der Waals surface area contributed by atoms with E-state index in [0.717, 1.165) is 23.6 Å². The first-order chi connectivity index (χ1) is 13.2. The van der Waals surface area contributed by atoms with Crippen molar-refractivity contribution in [3.05, 3.63) is 27.4 Å². The molecule has 9 nitrogen and oxygen atoms in total. The summed E-state index contributed by atoms with van der Waals surface area (Å²) in [5, 5.41) is 0. The lowest BCUT2D eigenvalue weighted by atomic mass is 9.95. The van der Waals surface area contributed by atoms with Crippen LogP contribution in [0.5, 0.6) is 0 Å². The summed E-state index contributed by atoms with van der Waals surface area (Å²) in [5.74, 6) is 0.970. The highest BCUT2D eigenvalue weighted by Gasteiger charge is 2.32. The Morgan fingerprint density at radius 1 is 1.25 bits per heavy atom. The maximum absolute atomic E-state index is 12.6. The quantitative estimate of drug-likeness (QED) is 0.757. The number of aromatic amines is 1. The second-order valence-corrected chi connectivity index (χ2v) is 9.80. The highest BCUT2D eigenvalue weighted by atomic mass is 32.2. The molecule has 1 fully saturated rings. The largest absolute Gasteiger partial charge is 0.343 e. The summed E-state index contributed by atoms with van der Waals surface area (Å²) in [6.45, 7) is 3.71. The smallest absolute Gasteiger partial charge is 0.281 e. The number of likely N-dealkylation sites (tertiary alicyclic amines) is 1. The van der Waals surface area contributed by atoms with E-state index < -0.39 is 10.2 Å². The number of rotatable bonds is 5. The number of nitrogens with one attached hydrogen (secondary N) is 1. The fourth-order valence-corrected chi connectivity index (χ4v) is 4.89. The van der Waals surface area contributed by atoms with Crippen LogP contribution in [-0.4, -0.2) is 71.5 Å². The topological polar surface area (TPSA) is 107 Å². The number of fused-ring (bicyclic) bond motifs is 1. The lowest BCUT2D eigenvalue weighted by molar-refractivity contribution is -0.132. The predicted molar refractivity (Wildman–Crippen MR) is 105 cm³/mol. The normalized spacial score (nSPS) is 19.1. The van der Waals surface area contributed by atoms with Gasteiger partial charge in [0, 0.05) is 59.0 Å². The number of carbonyl (C=O) groups excluding carboxylic acids is 1. The number of piperidine rings is 1. The van der Waals surface area contributed by atoms with Gasteiger partial charge < -0.3 is 9.88 Å². The summed E-state index contributed by atoms with van der Waals surface area (Å²) in [7, 11) is -0.600. The fraction of sp³-hybridized carbons (Fsp3) is 0.722. The average Bonchev–Trinajstić information content (AvgIpc) is 2.67. The third-order valence-corrected chi connectivity index (χ3v) is 7.43. The molecule has 2 aliphatic rings. The van der Waals surface area contributed by atoms with Gasteiger partial charge in [0.2, 0.25) is 5.91 Å². The van der Waals surface area contributed by atoms with Gasteiger partial charge in [0.05, 0.1) is 11.3 Å². The minimum absolute atomic E-state index is 0.0441. The van der Waals surface area contributed by atoms with Gasteiger partial charge in [-0.15, -0.1) is 0 Å². The molecule has 156 valence electrons. The molecule has 0 atom stereocenters. The van der Waals surface area contributed by atoms with Crippen LogP contribution >= 0.6 is 0 Å². The number of carbonyl (C=O) groups is 1. The Hall–Kier alpha value is -1.78. The van der Waals surface area contributed by atoms with E-state index >= 15 is 0 Å². The zero-order chi connectivity index (χ0) is 20.5. The summed E-state index contributed by atoms with van der Waals surface area (Å²) >= 11 is 0. The number of amides is 1. The molecular weight excluding hydrogens is 382 g/mol. The molecule has 2 aliphatic heterocycles. The van der Waals surface area contributed by atoms with Gasteiger partial charge >= 0.3 is 0 Å². The Bertz CT molecular complexity index is 888. The SMILES string of the molecule is CCCC(=O)N1CCC(c2nc3c(c(=O)[nH]2)CN(S(=O)(=O)N(C)C)CC3)CC1. The third-order valence-electron chi connectivity index (χ3n) is 5.54. The third kappa shape index (κ3) is 4.13. The number of nitrogens with zero attached hydrogens (tertiary/aromatic N) is 4. The number of hydrogen-bond donors (Lipinski definition) is 1. The molecule has 3 heterocycles. The van der Waals surface area contributed by atoms with E-state index in [9.17, 15) is 18.0 Å². The standard InChI is InChI=1S/C18H29N5O4S/c1-4-5-16(24)22-9-6-13(7-10-22)17-19-15-8-11-23(28(26,27)21(2)3)12-14(15)18(25)20-17/h13H,4-12H2,1-3H3,(H,19,20,25). The predicted octanol–water partition coefficient (Wildman–Crippen LogP) is 0.441. The molecule has 0 aliphatic carbocycles. The Morgan fingerprint density at radius 2 is 1.93 bits per heavy atom. The Labute approximate surface area is 165 Å². The first-order valence-corrected chi connectivity index (χ1v) is 11.2. The van der Waals surface area contributed by atoms with E-state index in [4.69, 9.17) is 0 Å². The van der Waals surface area contributed by atoms with Crippen molar-refractivity contribution < 1.29 is 13.2 Å². The molecule has 0 bridgehead atoms. The van der Waals surface area contributed by atoms with Gasteiger partial charge in [0.1, 0.15) is 5.82 Å². The molecule has 1 aromatic heterocycles. The van der Waals surface area contributed by atoms with Crippen molar-refractivity contribution >= 4 is 16.1 Å². The summed E-state index contributed by atoms with van der Waals surface area (Å²) in [5.41, 5.74) is 0.854. The summed E-state index contributed by atoms with van der Waals surface area (Å²) in [6.07, 6.45) is 3.40. The summed E-state index contributed by atoms with van der Waals surface area (Å²) in [4.78, 5) is 34.1. The number of aromatic nitrogens is 2. The molecule has 0 unspecified atom stereocenters. The molecule has 1 amide bonds. The van der Waals surface area contributed by atoms with Crippen LogP contribution in [0.2, 0.25) is 0 Å². The first kappa shape index (κ1) is 20.9. The molecule has 1 N–H and O–H groups in total. The molecule has 0 saturated carbocycles. The van der Waals surface area contributed by atoms with Crippen molar-refractivity contribution in [3.63, 3.8) is 0 Å². The number of hydrogen-bond acceptors (Lipinski definition) is 5. The van der Waals surface area contributed by atoms with Gasteiger partial charge in [-0.3, -0.25) is 9.59 Å². The maximum Gasteiger partial charge on any atom is 0.281 e. The monoisotopic (exact) mass is 411 g/mol. The Balaban J connectivity index is 1.74. The van der Waals surface area contributed by atoms with Crippen molar-refractivity contribution in [2.45, 2.75) is 51.5 Å². The lowest BCUT2D eigenvalue weighted by Crippen LogP contribution is -2.45. The minimum Gasteiger partial charge on any atom is -0.343 e. The Morgan fingerprint density at radius 3 is 2.54 bits per heavy atom. The van der Waals surface area contributed by atoms with E-state index in [2.05, 4.69) is 9.97 Å². The van der Waals surface area contributed by atoms with Gasteiger partial charge in [-0.25, -0.2) is 4.98 Å². The Kier molecular flexibility index (Phi) is 6.21. The van der Waals surface area contributed by atoms with E-state index in [1.54, 1.807) is 0 Å². The minimum atomic E-state index is -3.56. The zero-order valence-corrected chi connectivity index (χ0v) is 17.6. The molecule has 1 aromatic rings. The van der Waals surface area contributed by atoms with E-state index in [1.165, 1.54) is 18.4 Å². The second-order valence-electron chi connectivity index (χ2n) is 7.66. The van der Waals surface area contributed by atoms with Gasteiger partial charge in [-0.05, 0) is 19.3 Å². The van der Waals surface area contributed by atoms with Crippen molar-refractivity contribution in [1.82, 2.24) is 23.5 Å². The molecule has 0 radical (unpaired) electrons. The van der Waals surface area contributed by atoms with Crippen molar-refractivity contribution in [1.29, 1.82) is 0 Å². The van der Waals surface area contributed by atoms with Crippen molar-refractivity contribution in [3.8, 4) is 0 Å². The van der Waals surface area contributed by atoms with Gasteiger partial charge in [-0.2, -0.15) is 17.0 Å². The maximum atomic E-state index is 12.6. The van der Waals surface area contributed by atoms with Crippen LogP contribution in [0.4, 0.5) is 0 Å². The number of H-pyrrole nitrogens is 1. The second kappa shape index (κ2) is 8.30. The highest BCUT2D eigenvalue weighted by Crippen LogP contribution is 2.27.